The molecule has 0 radical (unpaired) electrons. The summed E-state index contributed by atoms with van der Waals surface area (Å²) in [6.07, 6.45) is 1.57. The number of aromatic amines is 1. The van der Waals surface area contributed by atoms with Crippen molar-refractivity contribution in [3.8, 4) is 0 Å². The quantitative estimate of drug-likeness (QED) is 0.489. The van der Waals surface area contributed by atoms with Crippen molar-refractivity contribution < 1.29 is 0 Å². The zero-order valence-corrected chi connectivity index (χ0v) is 4.10. The molecule has 3 nitrogen and oxygen atoms in total. The Morgan fingerprint density at radius 1 is 1.86 bits per heavy atom. The van der Waals surface area contributed by atoms with Gasteiger partial charge >= 0.3 is 0 Å². The molecule has 0 amide bonds. The highest BCUT2D eigenvalue weighted by molar-refractivity contribution is 5.31. The van der Waals surface area contributed by atoms with E-state index in [1.54, 1.807) is 6.33 Å². The van der Waals surface area contributed by atoms with Crippen molar-refractivity contribution >= 4 is 5.82 Å². The number of rotatable bonds is 0. The van der Waals surface area contributed by atoms with Crippen LogP contribution >= 0.6 is 0 Å². The van der Waals surface area contributed by atoms with Crippen molar-refractivity contribution in [2.75, 3.05) is 5.73 Å². The topological polar surface area (TPSA) is 54.7 Å². The molecule has 0 bridgehead atoms. The third-order valence-electron chi connectivity index (χ3n) is 0.869. The summed E-state index contributed by atoms with van der Waals surface area (Å²) >= 11 is 0. The first kappa shape index (κ1) is 4.18. The van der Waals surface area contributed by atoms with Gasteiger partial charge in [-0.2, -0.15) is 0 Å². The van der Waals surface area contributed by atoms with E-state index in [2.05, 4.69) is 9.97 Å². The number of imidazole rings is 1. The van der Waals surface area contributed by atoms with Gasteiger partial charge in [-0.15, -0.1) is 0 Å². The van der Waals surface area contributed by atoms with Crippen molar-refractivity contribution in [3.63, 3.8) is 0 Å². The van der Waals surface area contributed by atoms with Crippen LogP contribution in [0.1, 0.15) is 5.69 Å². The molecule has 0 aliphatic rings. The number of nitrogens with two attached hydrogens (primary N) is 1. The highest BCUT2D eigenvalue weighted by Gasteiger charge is 1.88. The molecule has 0 atom stereocenters. The first-order valence-corrected chi connectivity index (χ1v) is 2.06. The predicted molar refractivity (Wildman–Crippen MR) is 27.7 cm³/mol. The van der Waals surface area contributed by atoms with Gasteiger partial charge in [-0.05, 0) is 6.92 Å². The molecule has 0 unspecified atom stereocenters. The average Bonchev–Trinajstić information content (AvgIpc) is 1.91. The van der Waals surface area contributed by atoms with Gasteiger partial charge in [0.25, 0.3) is 0 Å². The van der Waals surface area contributed by atoms with Gasteiger partial charge < -0.3 is 10.7 Å². The fourth-order valence-electron chi connectivity index (χ4n) is 0.369. The lowest BCUT2D eigenvalue weighted by atomic mass is 10.5. The lowest BCUT2D eigenvalue weighted by molar-refractivity contribution is 1.25. The van der Waals surface area contributed by atoms with Gasteiger partial charge in [-0.25, -0.2) is 4.98 Å². The van der Waals surface area contributed by atoms with Gasteiger partial charge in [0, 0.05) is 0 Å². The van der Waals surface area contributed by atoms with Crippen LogP contribution in [0.5, 0.6) is 0 Å². The van der Waals surface area contributed by atoms with Crippen molar-refractivity contribution in [1.29, 1.82) is 0 Å². The van der Waals surface area contributed by atoms with Crippen LogP contribution in [-0.2, 0) is 0 Å². The number of aromatic nitrogens is 2. The summed E-state index contributed by atoms with van der Waals surface area (Å²) in [6, 6.07) is 0. The van der Waals surface area contributed by atoms with Gasteiger partial charge in [0.1, 0.15) is 5.82 Å². The van der Waals surface area contributed by atoms with E-state index >= 15 is 0 Å². The van der Waals surface area contributed by atoms with E-state index in [1.807, 2.05) is 6.92 Å². The van der Waals surface area contributed by atoms with Crippen LogP contribution in [0.2, 0.25) is 0 Å². The molecule has 1 aromatic heterocycles. The Morgan fingerprint density at radius 2 is 2.57 bits per heavy atom. The molecule has 7 heavy (non-hydrogen) atoms. The minimum absolute atomic E-state index is 0.583. The highest BCUT2D eigenvalue weighted by atomic mass is 15.0. The molecule has 3 heteroatoms. The van der Waals surface area contributed by atoms with Gasteiger partial charge in [-0.3, -0.25) is 0 Å². The largest absolute Gasteiger partial charge is 0.382 e. The molecule has 1 aromatic rings. The van der Waals surface area contributed by atoms with E-state index < -0.39 is 0 Å². The van der Waals surface area contributed by atoms with E-state index in [1.165, 1.54) is 0 Å². The minimum Gasteiger partial charge on any atom is -0.382 e. The fraction of sp³-hybridized carbons (Fsp3) is 0.250. The van der Waals surface area contributed by atoms with Crippen LogP contribution in [0.25, 0.3) is 0 Å². The smallest absolute Gasteiger partial charge is 0.144 e. The Kier molecular flexibility index (Phi) is 0.749. The predicted octanol–water partition coefficient (Wildman–Crippen LogP) is 0.300. The first-order chi connectivity index (χ1) is 3.30. The molecule has 0 spiro atoms. The molecule has 1 heterocycles. The average molecular weight is 97.1 g/mol. The summed E-state index contributed by atoms with van der Waals surface area (Å²) in [5.41, 5.74) is 6.23. The van der Waals surface area contributed by atoms with Crippen molar-refractivity contribution in [1.82, 2.24) is 9.97 Å². The fourth-order valence-corrected chi connectivity index (χ4v) is 0.369. The minimum atomic E-state index is 0.583. The number of hydrogen-bond acceptors (Lipinski definition) is 2. The molecule has 1 rings (SSSR count). The van der Waals surface area contributed by atoms with E-state index in [9.17, 15) is 0 Å². The molecular weight excluding hydrogens is 90.1 g/mol. The van der Waals surface area contributed by atoms with Crippen LogP contribution in [0, 0.1) is 6.92 Å². The van der Waals surface area contributed by atoms with Crippen LogP contribution in [-0.4, -0.2) is 9.97 Å². The summed E-state index contributed by atoms with van der Waals surface area (Å²) in [6.45, 7) is 1.88. The van der Waals surface area contributed by atoms with E-state index in [4.69, 9.17) is 5.73 Å². The van der Waals surface area contributed by atoms with Gasteiger partial charge in [0.15, 0.2) is 0 Å². The number of nitrogens with zero attached hydrogens (tertiary/aromatic N) is 1. The second-order valence-electron chi connectivity index (χ2n) is 1.41. The molecule has 0 aliphatic carbocycles. The van der Waals surface area contributed by atoms with Crippen LogP contribution in [0.4, 0.5) is 5.82 Å². The normalized spacial score (nSPS) is 9.29. The van der Waals surface area contributed by atoms with Crippen LogP contribution < -0.4 is 5.73 Å². The molecule has 0 saturated carbocycles. The van der Waals surface area contributed by atoms with Crippen molar-refractivity contribution in [2.24, 2.45) is 0 Å². The summed E-state index contributed by atoms with van der Waals surface area (Å²) in [4.78, 5) is 6.57. The summed E-state index contributed by atoms with van der Waals surface area (Å²) in [5, 5.41) is 0. The standard InChI is InChI=1S/C4H7N3/c1-3-4(5)7-2-6-3/h2H,5H2,1H3,(H,6,7). The second kappa shape index (κ2) is 1.26. The molecule has 0 fully saturated rings. The number of anilines is 1. The van der Waals surface area contributed by atoms with Crippen molar-refractivity contribution in [2.45, 2.75) is 6.92 Å². The van der Waals surface area contributed by atoms with E-state index in [-0.39, 0.29) is 0 Å². The monoisotopic (exact) mass is 97.1 g/mol. The molecule has 0 aromatic carbocycles. The Bertz CT molecular complexity index is 139. The lowest BCUT2D eigenvalue weighted by Crippen LogP contribution is -1.85. The molecule has 0 aliphatic heterocycles. The van der Waals surface area contributed by atoms with Crippen LogP contribution in [0.15, 0.2) is 6.33 Å². The Balaban J connectivity index is 3.12. The SMILES string of the molecule is Cc1[nH]cnc1N. The maximum Gasteiger partial charge on any atom is 0.144 e. The summed E-state index contributed by atoms with van der Waals surface area (Å²) in [5.74, 6) is 0.583. The maximum absolute atomic E-state index is 5.30. The first-order valence-electron chi connectivity index (χ1n) is 2.06. The third kappa shape index (κ3) is 0.559. The van der Waals surface area contributed by atoms with Crippen LogP contribution in [0.3, 0.4) is 0 Å². The number of aryl methyl sites for hydroxylation is 1. The number of H-pyrrole nitrogens is 1. The molecule has 38 valence electrons. The Labute approximate surface area is 41.6 Å². The Morgan fingerprint density at radius 3 is 2.71 bits per heavy atom. The number of nitrogens with one attached hydrogen (secondary N) is 1. The Hall–Kier alpha value is -0.990. The van der Waals surface area contributed by atoms with E-state index in [0.29, 0.717) is 5.82 Å². The van der Waals surface area contributed by atoms with Gasteiger partial charge in [-0.1, -0.05) is 0 Å². The number of hydrogen-bond donors (Lipinski definition) is 2. The molecule has 3 N–H and O–H groups in total. The molecular formula is C4H7N3. The summed E-state index contributed by atoms with van der Waals surface area (Å²) in [7, 11) is 0. The lowest BCUT2D eigenvalue weighted by Gasteiger charge is -1.79. The van der Waals surface area contributed by atoms with Gasteiger partial charge in [0.05, 0.1) is 12.0 Å². The second-order valence-corrected chi connectivity index (χ2v) is 1.41. The molecule has 0 saturated heterocycles. The third-order valence-corrected chi connectivity index (χ3v) is 0.869. The zero-order chi connectivity index (χ0) is 5.28. The van der Waals surface area contributed by atoms with E-state index in [0.717, 1.165) is 5.69 Å². The van der Waals surface area contributed by atoms with Crippen molar-refractivity contribution in [3.05, 3.63) is 12.0 Å². The highest BCUT2D eigenvalue weighted by Crippen LogP contribution is 1.98. The number of nitrogen functional groups attached to an aromatic ring is 1. The van der Waals surface area contributed by atoms with Gasteiger partial charge in [0.2, 0.25) is 0 Å². The summed E-state index contributed by atoms with van der Waals surface area (Å²) < 4.78 is 0. The maximum atomic E-state index is 5.30. The zero-order valence-electron chi connectivity index (χ0n) is 4.10.